The summed E-state index contributed by atoms with van der Waals surface area (Å²) in [5.41, 5.74) is -0.661. The van der Waals surface area contributed by atoms with E-state index in [1.165, 1.54) is 0 Å². The van der Waals surface area contributed by atoms with Crippen molar-refractivity contribution in [3.05, 3.63) is 57.6 Å². The Morgan fingerprint density at radius 2 is 1.72 bits per heavy atom. The highest BCUT2D eigenvalue weighted by Crippen LogP contribution is 2.29. The summed E-state index contributed by atoms with van der Waals surface area (Å²) >= 11 is 5.61. The van der Waals surface area contributed by atoms with Crippen molar-refractivity contribution in [1.29, 1.82) is 0 Å². The molecule has 0 heterocycles. The molecule has 0 fully saturated rings. The zero-order chi connectivity index (χ0) is 18.8. The molecule has 2 aromatic rings. The molecule has 0 aromatic heterocycles. The molecule has 7 nitrogen and oxygen atoms in total. The Morgan fingerprint density at radius 3 is 2.24 bits per heavy atom. The van der Waals surface area contributed by atoms with Crippen molar-refractivity contribution in [2.24, 2.45) is 0 Å². The highest BCUT2D eigenvalue weighted by Gasteiger charge is 2.31. The molecule has 0 aliphatic heterocycles. The van der Waals surface area contributed by atoms with Gasteiger partial charge in [0.05, 0.1) is 9.82 Å². The van der Waals surface area contributed by atoms with Crippen LogP contribution < -0.4 is 9.46 Å². The summed E-state index contributed by atoms with van der Waals surface area (Å²) in [6, 6.07) is 6.79. The van der Waals surface area contributed by atoms with Crippen molar-refractivity contribution in [2.75, 3.05) is 4.72 Å². The van der Waals surface area contributed by atoms with Crippen molar-refractivity contribution in [1.82, 2.24) is 0 Å². The van der Waals surface area contributed by atoms with Crippen molar-refractivity contribution in [2.45, 2.75) is 11.3 Å². The maximum atomic E-state index is 12.2. The number of alkyl halides is 3. The highest BCUT2D eigenvalue weighted by molar-refractivity contribution is 7.92. The van der Waals surface area contributed by atoms with Gasteiger partial charge in [-0.15, -0.1) is 13.2 Å². The average molecular weight is 397 g/mol. The van der Waals surface area contributed by atoms with Crippen LogP contribution in [0.4, 0.5) is 24.5 Å². The Kier molecular flexibility index (Phi) is 5.09. The van der Waals surface area contributed by atoms with Crippen LogP contribution in [0.3, 0.4) is 0 Å². The fourth-order valence-corrected chi connectivity index (χ4v) is 3.00. The Bertz CT molecular complexity index is 901. The van der Waals surface area contributed by atoms with Gasteiger partial charge >= 0.3 is 6.36 Å². The zero-order valence-corrected chi connectivity index (χ0v) is 13.5. The SMILES string of the molecule is O=[N+]([O-])c1cc(S(=O)(=O)Nc2ccc(OC(F)(F)F)cc2)ccc1Cl. The molecule has 0 amide bonds. The van der Waals surface area contributed by atoms with E-state index < -0.39 is 37.6 Å². The second-order valence-electron chi connectivity index (χ2n) is 4.55. The monoisotopic (exact) mass is 396 g/mol. The number of hydrogen-bond donors (Lipinski definition) is 1. The Hall–Kier alpha value is -2.53. The quantitative estimate of drug-likeness (QED) is 0.609. The molecule has 0 saturated carbocycles. The third kappa shape index (κ3) is 4.97. The number of anilines is 1. The number of halogens is 4. The predicted octanol–water partition coefficient (Wildman–Crippen LogP) is 3.95. The molecular weight excluding hydrogens is 389 g/mol. The normalized spacial score (nSPS) is 11.8. The molecule has 0 atom stereocenters. The molecule has 0 aliphatic carbocycles. The molecule has 12 heteroatoms. The average Bonchev–Trinajstić information content (AvgIpc) is 2.47. The molecule has 0 spiro atoms. The number of benzene rings is 2. The summed E-state index contributed by atoms with van der Waals surface area (Å²) in [6.45, 7) is 0. The molecule has 134 valence electrons. The van der Waals surface area contributed by atoms with Crippen LogP contribution in [0.15, 0.2) is 47.4 Å². The minimum absolute atomic E-state index is 0.0628. The van der Waals surface area contributed by atoms with Gasteiger partial charge in [-0.05, 0) is 36.4 Å². The van der Waals surface area contributed by atoms with Gasteiger partial charge in [-0.3, -0.25) is 14.8 Å². The van der Waals surface area contributed by atoms with Crippen molar-refractivity contribution >= 4 is 33.0 Å². The molecule has 1 N–H and O–H groups in total. The Balaban J connectivity index is 2.24. The summed E-state index contributed by atoms with van der Waals surface area (Å²) in [5.74, 6) is -0.530. The topological polar surface area (TPSA) is 98.5 Å². The first-order valence-corrected chi connectivity index (χ1v) is 8.17. The van der Waals surface area contributed by atoms with Gasteiger partial charge in [0.2, 0.25) is 0 Å². The van der Waals surface area contributed by atoms with E-state index in [0.717, 1.165) is 42.5 Å². The van der Waals surface area contributed by atoms with E-state index in [1.807, 2.05) is 0 Å². The third-order valence-corrected chi connectivity index (χ3v) is 4.46. The number of nitrogens with zero attached hydrogens (tertiary/aromatic N) is 1. The zero-order valence-electron chi connectivity index (χ0n) is 12.0. The van der Waals surface area contributed by atoms with E-state index in [9.17, 15) is 31.7 Å². The molecule has 0 radical (unpaired) electrons. The summed E-state index contributed by atoms with van der Waals surface area (Å²) in [7, 11) is -4.21. The van der Waals surface area contributed by atoms with Crippen molar-refractivity contribution in [3.8, 4) is 5.75 Å². The standard InChI is InChI=1S/C13H8ClF3N2O5S/c14-11-6-5-10(7-12(11)19(20)21)25(22,23)18-8-1-3-9(4-2-8)24-13(15,16)17/h1-7,18H. The van der Waals surface area contributed by atoms with Gasteiger partial charge in [0.25, 0.3) is 15.7 Å². The molecular formula is C13H8ClF3N2O5S. The third-order valence-electron chi connectivity index (χ3n) is 2.76. The summed E-state index contributed by atoms with van der Waals surface area (Å²) in [6.07, 6.45) is -4.87. The van der Waals surface area contributed by atoms with Crippen LogP contribution in [0.25, 0.3) is 0 Å². The van der Waals surface area contributed by atoms with E-state index in [-0.39, 0.29) is 10.7 Å². The maximum absolute atomic E-state index is 12.2. The van der Waals surface area contributed by atoms with Gasteiger partial charge in [0, 0.05) is 11.8 Å². The van der Waals surface area contributed by atoms with Gasteiger partial charge in [-0.25, -0.2) is 8.42 Å². The molecule has 0 aliphatic rings. The fraction of sp³-hybridized carbons (Fsp3) is 0.0769. The first kappa shape index (κ1) is 18.8. The number of hydrogen-bond acceptors (Lipinski definition) is 5. The number of sulfonamides is 1. The van der Waals surface area contributed by atoms with Gasteiger partial charge in [0.15, 0.2) is 0 Å². The lowest BCUT2D eigenvalue weighted by Crippen LogP contribution is -2.17. The van der Waals surface area contributed by atoms with Crippen molar-refractivity contribution < 1.29 is 31.2 Å². The fourth-order valence-electron chi connectivity index (χ4n) is 1.74. The largest absolute Gasteiger partial charge is 0.573 e. The lowest BCUT2D eigenvalue weighted by molar-refractivity contribution is -0.384. The smallest absolute Gasteiger partial charge is 0.406 e. The van der Waals surface area contributed by atoms with Crippen LogP contribution in [0, 0.1) is 10.1 Å². The van der Waals surface area contributed by atoms with Gasteiger partial charge in [-0.1, -0.05) is 11.6 Å². The number of nitrogens with one attached hydrogen (secondary N) is 1. The molecule has 2 aromatic carbocycles. The van der Waals surface area contributed by atoms with E-state index in [0.29, 0.717) is 0 Å². The summed E-state index contributed by atoms with van der Waals surface area (Å²) < 4.78 is 66.4. The molecule has 0 unspecified atom stereocenters. The Morgan fingerprint density at radius 1 is 1.12 bits per heavy atom. The van der Waals surface area contributed by atoms with E-state index in [2.05, 4.69) is 9.46 Å². The molecule has 0 bridgehead atoms. The number of nitro benzene ring substituents is 1. The maximum Gasteiger partial charge on any atom is 0.573 e. The predicted molar refractivity (Wildman–Crippen MR) is 82.0 cm³/mol. The minimum Gasteiger partial charge on any atom is -0.406 e. The van der Waals surface area contributed by atoms with Crippen LogP contribution in [0.5, 0.6) is 5.75 Å². The second kappa shape index (κ2) is 6.76. The van der Waals surface area contributed by atoms with Crippen LogP contribution in [-0.4, -0.2) is 19.7 Å². The van der Waals surface area contributed by atoms with Crippen LogP contribution >= 0.6 is 11.6 Å². The Labute approximate surface area is 144 Å². The van der Waals surface area contributed by atoms with Gasteiger partial charge in [0.1, 0.15) is 10.8 Å². The molecule has 0 saturated heterocycles. The highest BCUT2D eigenvalue weighted by atomic mass is 35.5. The lowest BCUT2D eigenvalue weighted by Gasteiger charge is -2.11. The molecule has 2 rings (SSSR count). The van der Waals surface area contributed by atoms with Crippen LogP contribution in [-0.2, 0) is 10.0 Å². The van der Waals surface area contributed by atoms with E-state index >= 15 is 0 Å². The summed E-state index contributed by atoms with van der Waals surface area (Å²) in [4.78, 5) is 9.54. The minimum atomic E-state index is -4.87. The van der Waals surface area contributed by atoms with E-state index in [1.54, 1.807) is 0 Å². The van der Waals surface area contributed by atoms with E-state index in [4.69, 9.17) is 11.6 Å². The number of ether oxygens (including phenoxy) is 1. The van der Waals surface area contributed by atoms with Gasteiger partial charge < -0.3 is 4.74 Å². The van der Waals surface area contributed by atoms with Gasteiger partial charge in [-0.2, -0.15) is 0 Å². The van der Waals surface area contributed by atoms with Crippen molar-refractivity contribution in [3.63, 3.8) is 0 Å². The number of nitro groups is 1. The second-order valence-corrected chi connectivity index (χ2v) is 6.64. The molecule has 25 heavy (non-hydrogen) atoms. The van der Waals surface area contributed by atoms with Crippen LogP contribution in [0.1, 0.15) is 0 Å². The first-order chi connectivity index (χ1) is 11.5. The summed E-state index contributed by atoms with van der Waals surface area (Å²) in [5, 5.41) is 10.6. The lowest BCUT2D eigenvalue weighted by atomic mass is 10.3. The van der Waals surface area contributed by atoms with Crippen LogP contribution in [0.2, 0.25) is 5.02 Å². The number of rotatable bonds is 5. The first-order valence-electron chi connectivity index (χ1n) is 6.30.